The van der Waals surface area contributed by atoms with E-state index in [-0.39, 0.29) is 11.5 Å². The van der Waals surface area contributed by atoms with Crippen LogP contribution < -0.4 is 4.74 Å². The first-order chi connectivity index (χ1) is 17.0. The molecule has 1 spiro atoms. The smallest absolute Gasteiger partial charge is 0.174 e. The van der Waals surface area contributed by atoms with Gasteiger partial charge in [-0.15, -0.1) is 0 Å². The molecule has 1 N–H and O–H groups in total. The molecule has 2 aromatic carbocycles. The average Bonchev–Trinajstić information content (AvgIpc) is 3.59. The Morgan fingerprint density at radius 2 is 1.97 bits per heavy atom. The van der Waals surface area contributed by atoms with E-state index >= 15 is 0 Å². The van der Waals surface area contributed by atoms with Crippen LogP contribution >= 0.6 is 0 Å². The number of Topliss-reactive ketones (excluding diaryl/α,β-unsaturated/α-hetero) is 1. The van der Waals surface area contributed by atoms with Crippen LogP contribution in [0.15, 0.2) is 42.5 Å². The number of likely N-dealkylation sites (tertiary alicyclic amines) is 1. The third kappa shape index (κ3) is 2.97. The lowest BCUT2D eigenvalue weighted by atomic mass is 9.48. The van der Waals surface area contributed by atoms with Crippen LogP contribution in [0.4, 0.5) is 0 Å². The van der Waals surface area contributed by atoms with E-state index < -0.39 is 17.1 Å². The summed E-state index contributed by atoms with van der Waals surface area (Å²) >= 11 is 0. The molecule has 184 valence electrons. The molecular weight excluding hydrogens is 438 g/mol. The molecule has 1 saturated heterocycles. The number of hydrogen-bond donors (Lipinski definition) is 1. The maximum Gasteiger partial charge on any atom is 0.174 e. The van der Waals surface area contributed by atoms with Crippen molar-refractivity contribution in [3.05, 3.63) is 59.2 Å². The Hall–Kier alpha value is -2.37. The van der Waals surface area contributed by atoms with Gasteiger partial charge in [0.1, 0.15) is 11.6 Å². The fourth-order valence-corrected chi connectivity index (χ4v) is 8.38. The molecule has 0 unspecified atom stereocenters. The van der Waals surface area contributed by atoms with Crippen LogP contribution in [0.25, 0.3) is 0 Å². The number of ketones is 1. The zero-order chi connectivity index (χ0) is 23.8. The Bertz CT molecular complexity index is 1180. The predicted octanol–water partition coefficient (Wildman–Crippen LogP) is 4.33. The average molecular weight is 475 g/mol. The van der Waals surface area contributed by atoms with E-state index in [1.165, 1.54) is 30.5 Å². The molecule has 5 aliphatic rings. The van der Waals surface area contributed by atoms with Crippen molar-refractivity contribution in [1.29, 1.82) is 0 Å². The number of hydrogen-bond acceptors (Lipinski definition) is 4. The first kappa shape index (κ1) is 21.9. The summed E-state index contributed by atoms with van der Waals surface area (Å²) in [7, 11) is 2.44. The topological polar surface area (TPSA) is 55.8 Å². The van der Waals surface area contributed by atoms with E-state index in [2.05, 4.69) is 43.4 Å². The zero-order valence-corrected chi connectivity index (χ0v) is 20.7. The van der Waals surface area contributed by atoms with Crippen molar-refractivity contribution >= 4 is 5.78 Å². The van der Waals surface area contributed by atoms with Gasteiger partial charge in [0.25, 0.3) is 0 Å². The highest BCUT2D eigenvalue weighted by atomic mass is 16.5. The molecule has 0 radical (unpaired) electrons. The molecule has 5 heteroatoms. The number of quaternary nitrogens is 1. The second-order valence-corrected chi connectivity index (χ2v) is 12.0. The van der Waals surface area contributed by atoms with Crippen molar-refractivity contribution in [3.8, 4) is 11.5 Å². The second-order valence-electron chi connectivity index (χ2n) is 12.0. The molecule has 5 atom stereocenters. The minimum absolute atomic E-state index is 0.164. The number of carbonyl (C=O) groups excluding carboxylic acids is 1. The molecule has 2 bridgehead atoms. The van der Waals surface area contributed by atoms with Crippen LogP contribution in [-0.2, 0) is 27.8 Å². The van der Waals surface area contributed by atoms with Crippen LogP contribution in [0, 0.1) is 5.92 Å². The van der Waals surface area contributed by atoms with Gasteiger partial charge in [-0.1, -0.05) is 36.4 Å². The van der Waals surface area contributed by atoms with Crippen molar-refractivity contribution in [2.24, 2.45) is 5.92 Å². The summed E-state index contributed by atoms with van der Waals surface area (Å²) in [6.45, 7) is 2.93. The normalized spacial score (nSPS) is 36.5. The molecule has 5 nitrogen and oxygen atoms in total. The molecule has 2 aromatic rings. The third-order valence-electron chi connectivity index (χ3n) is 10.0. The summed E-state index contributed by atoms with van der Waals surface area (Å²) in [4.78, 5) is 13.4. The first-order valence-electron chi connectivity index (χ1n) is 13.5. The lowest BCUT2D eigenvalue weighted by Gasteiger charge is -2.66. The van der Waals surface area contributed by atoms with Crippen LogP contribution in [0.1, 0.15) is 55.2 Å². The number of aryl methyl sites for hydroxylation is 1. The van der Waals surface area contributed by atoms with Gasteiger partial charge in [-0.25, -0.2) is 0 Å². The number of piperidine rings is 1. The van der Waals surface area contributed by atoms with Gasteiger partial charge in [-0.2, -0.15) is 0 Å². The van der Waals surface area contributed by atoms with Gasteiger partial charge < -0.3 is 19.1 Å². The van der Waals surface area contributed by atoms with E-state index in [0.717, 1.165) is 54.6 Å². The van der Waals surface area contributed by atoms with E-state index in [9.17, 15) is 9.90 Å². The van der Waals surface area contributed by atoms with Gasteiger partial charge in [0.15, 0.2) is 23.4 Å². The monoisotopic (exact) mass is 474 g/mol. The number of benzene rings is 2. The van der Waals surface area contributed by atoms with Crippen LogP contribution in [0.5, 0.6) is 11.5 Å². The zero-order valence-electron chi connectivity index (χ0n) is 20.7. The van der Waals surface area contributed by atoms with Crippen LogP contribution in [0.2, 0.25) is 0 Å². The van der Waals surface area contributed by atoms with Crippen molar-refractivity contribution in [1.82, 2.24) is 0 Å². The Balaban J connectivity index is 1.31. The molecule has 3 aliphatic carbocycles. The Morgan fingerprint density at radius 3 is 2.77 bits per heavy atom. The molecule has 2 aliphatic heterocycles. The highest BCUT2D eigenvalue weighted by Crippen LogP contribution is 2.67. The highest BCUT2D eigenvalue weighted by molar-refractivity contribution is 5.90. The summed E-state index contributed by atoms with van der Waals surface area (Å²) in [5, 5.41) is 10.8. The van der Waals surface area contributed by atoms with Gasteiger partial charge in [0, 0.05) is 37.4 Å². The van der Waals surface area contributed by atoms with Crippen molar-refractivity contribution in [2.45, 2.75) is 74.5 Å². The van der Waals surface area contributed by atoms with E-state index in [4.69, 9.17) is 9.47 Å². The number of likely N-dealkylation sites (N-methyl/N-ethyl adjacent to an activating group) is 1. The maximum atomic E-state index is 13.4. The predicted molar refractivity (Wildman–Crippen MR) is 133 cm³/mol. The summed E-state index contributed by atoms with van der Waals surface area (Å²) < 4.78 is 14.6. The maximum absolute atomic E-state index is 13.4. The lowest BCUT2D eigenvalue weighted by molar-refractivity contribution is -0.950. The summed E-state index contributed by atoms with van der Waals surface area (Å²) in [5.74, 6) is 1.71. The number of phenolic OH excluding ortho intramolecular Hbond substituents is 1. The van der Waals surface area contributed by atoms with Crippen LogP contribution in [0.3, 0.4) is 0 Å². The number of nitrogens with zero attached hydrogens (tertiary/aromatic N) is 1. The molecule has 0 aromatic heterocycles. The minimum Gasteiger partial charge on any atom is -0.504 e. The molecule has 35 heavy (non-hydrogen) atoms. The van der Waals surface area contributed by atoms with Gasteiger partial charge >= 0.3 is 0 Å². The van der Waals surface area contributed by atoms with Gasteiger partial charge in [-0.3, -0.25) is 4.79 Å². The number of phenols is 1. The number of aromatic hydroxyl groups is 1. The van der Waals surface area contributed by atoms with Gasteiger partial charge in [-0.05, 0) is 49.3 Å². The number of ether oxygens (including phenoxy) is 2. The quantitative estimate of drug-likeness (QED) is 0.480. The van der Waals surface area contributed by atoms with E-state index in [1.54, 1.807) is 6.07 Å². The Labute approximate surface area is 207 Å². The standard InChI is InChI=1S/C30H35NO4/c1-31(19-21-9-10-21)16-15-29-26-22-11-12-23(32)27(26)35-28(29)24(33)13-14-30(29,25(31)18-22)34-17-5-8-20-6-3-2-4-7-20/h2-4,6-7,11-12,21,25,28H,5,8-10,13-19H2,1H3/p+1/t25-,28+,29+,30-,31-/m1/s1. The van der Waals surface area contributed by atoms with Crippen LogP contribution in [-0.4, -0.2) is 59.9 Å². The molecule has 2 heterocycles. The molecular formula is C30H36NO4+. The Morgan fingerprint density at radius 1 is 1.14 bits per heavy atom. The number of rotatable bonds is 7. The second kappa shape index (κ2) is 7.57. The summed E-state index contributed by atoms with van der Waals surface area (Å²) in [5.41, 5.74) is 2.76. The van der Waals surface area contributed by atoms with E-state index in [0.29, 0.717) is 24.8 Å². The molecule has 2 saturated carbocycles. The SMILES string of the molecule is C[N@+]1(CC2CC2)CC[C@]23c4c5ccc(O)c4O[C@H]2C(=O)CC[C@@]3(OCCCc2ccccc2)[C@H]1C5. The van der Waals surface area contributed by atoms with Crippen molar-refractivity contribution in [3.63, 3.8) is 0 Å². The molecule has 0 amide bonds. The summed E-state index contributed by atoms with van der Waals surface area (Å²) in [6.07, 6.45) is 7.16. The fourth-order valence-electron chi connectivity index (χ4n) is 8.38. The minimum atomic E-state index is -0.537. The third-order valence-corrected chi connectivity index (χ3v) is 10.0. The summed E-state index contributed by atoms with van der Waals surface area (Å²) in [6, 6.07) is 14.8. The first-order valence-corrected chi connectivity index (χ1v) is 13.5. The Kier molecular flexibility index (Phi) is 4.73. The van der Waals surface area contributed by atoms with Crippen molar-refractivity contribution in [2.75, 3.05) is 26.7 Å². The van der Waals surface area contributed by atoms with Gasteiger partial charge in [0.05, 0.1) is 25.6 Å². The number of carbonyl (C=O) groups is 1. The van der Waals surface area contributed by atoms with Crippen molar-refractivity contribution < 1.29 is 23.9 Å². The largest absolute Gasteiger partial charge is 0.504 e. The molecule has 7 rings (SSSR count). The van der Waals surface area contributed by atoms with E-state index in [1.807, 2.05) is 0 Å². The highest BCUT2D eigenvalue weighted by Gasteiger charge is 2.77. The molecule has 3 fully saturated rings. The fraction of sp³-hybridized carbons (Fsp3) is 0.567. The lowest BCUT2D eigenvalue weighted by Crippen LogP contribution is -2.81. The van der Waals surface area contributed by atoms with Gasteiger partial charge in [0.2, 0.25) is 0 Å².